The highest BCUT2D eigenvalue weighted by Gasteiger charge is 2.07. The Bertz CT molecular complexity index is 631. The quantitative estimate of drug-likeness (QED) is 0.627. The van der Waals surface area contributed by atoms with Gasteiger partial charge in [-0.05, 0) is 24.3 Å². The molecule has 0 bridgehead atoms. The zero-order valence-corrected chi connectivity index (χ0v) is 9.11. The first-order valence-corrected chi connectivity index (χ1v) is 5.31. The van der Waals surface area contributed by atoms with Gasteiger partial charge in [-0.2, -0.15) is 0 Å². The fourth-order valence-electron chi connectivity index (χ4n) is 1.68. The summed E-state index contributed by atoms with van der Waals surface area (Å²) in [6, 6.07) is 13.3. The number of halogens is 1. The Morgan fingerprint density at radius 1 is 1.06 bits per heavy atom. The Balaban J connectivity index is 2.29. The van der Waals surface area contributed by atoms with Crippen molar-refractivity contribution < 1.29 is 4.42 Å². The smallest absolute Gasteiger partial charge is 0.152 e. The molecule has 0 saturated carbocycles. The molecule has 1 aromatic carbocycles. The van der Waals surface area contributed by atoms with Gasteiger partial charge in [0.05, 0.1) is 16.8 Å². The van der Waals surface area contributed by atoms with Crippen LogP contribution in [0.1, 0.15) is 0 Å². The molecule has 2 heterocycles. The lowest BCUT2D eigenvalue weighted by Gasteiger charge is -2.02. The summed E-state index contributed by atoms with van der Waals surface area (Å²) in [5.74, 6) is 0.729. The number of hydrogen-bond acceptors (Lipinski definition) is 2. The van der Waals surface area contributed by atoms with Gasteiger partial charge in [0.15, 0.2) is 5.76 Å². The van der Waals surface area contributed by atoms with Gasteiger partial charge in [0.2, 0.25) is 0 Å². The van der Waals surface area contributed by atoms with Gasteiger partial charge in [-0.15, -0.1) is 0 Å². The molecular formula is C13H8ClNO. The number of furan rings is 1. The number of hydrogen-bond donors (Lipinski definition) is 0. The summed E-state index contributed by atoms with van der Waals surface area (Å²) in [5, 5.41) is 1.65. The molecule has 3 rings (SSSR count). The highest BCUT2D eigenvalue weighted by atomic mass is 35.5. The number of fused-ring (bicyclic) bond motifs is 1. The summed E-state index contributed by atoms with van der Waals surface area (Å²) in [4.78, 5) is 4.50. The lowest BCUT2D eigenvalue weighted by atomic mass is 10.2. The topological polar surface area (TPSA) is 26.0 Å². The Hall–Kier alpha value is -1.80. The summed E-state index contributed by atoms with van der Waals surface area (Å²) in [5.41, 5.74) is 1.63. The number of nitrogens with zero attached hydrogens (tertiary/aromatic N) is 1. The molecule has 2 aromatic heterocycles. The van der Waals surface area contributed by atoms with Crippen molar-refractivity contribution in [2.24, 2.45) is 0 Å². The van der Waals surface area contributed by atoms with Crippen molar-refractivity contribution in [2.75, 3.05) is 0 Å². The van der Waals surface area contributed by atoms with Gasteiger partial charge in [0.1, 0.15) is 5.69 Å². The monoisotopic (exact) mass is 229 g/mol. The molecule has 0 aliphatic rings. The summed E-state index contributed by atoms with van der Waals surface area (Å²) in [6.07, 6.45) is 1.63. The minimum Gasteiger partial charge on any atom is -0.463 e. The van der Waals surface area contributed by atoms with Crippen LogP contribution in [0.15, 0.2) is 53.1 Å². The standard InChI is InChI=1S/C13H8ClNO/c14-10-8-12(13-6-3-7-16-13)15-11-5-2-1-4-9(10)11/h1-8H. The van der Waals surface area contributed by atoms with Crippen molar-refractivity contribution in [3.8, 4) is 11.5 Å². The third kappa shape index (κ3) is 1.48. The molecule has 0 aliphatic carbocycles. The molecule has 0 atom stereocenters. The Kier molecular flexibility index (Phi) is 2.15. The van der Waals surface area contributed by atoms with E-state index in [1.807, 2.05) is 42.5 Å². The van der Waals surface area contributed by atoms with E-state index in [1.165, 1.54) is 0 Å². The first kappa shape index (κ1) is 9.43. The first-order valence-electron chi connectivity index (χ1n) is 4.94. The largest absolute Gasteiger partial charge is 0.463 e. The molecule has 0 spiro atoms. The molecule has 0 aliphatic heterocycles. The number of aromatic nitrogens is 1. The fraction of sp³-hybridized carbons (Fsp3) is 0. The van der Waals surface area contributed by atoms with E-state index in [-0.39, 0.29) is 0 Å². The summed E-state index contributed by atoms with van der Waals surface area (Å²) in [7, 11) is 0. The number of benzene rings is 1. The number of rotatable bonds is 1. The van der Waals surface area contributed by atoms with Crippen molar-refractivity contribution in [3.63, 3.8) is 0 Å². The Labute approximate surface area is 97.5 Å². The molecule has 0 radical (unpaired) electrons. The van der Waals surface area contributed by atoms with E-state index < -0.39 is 0 Å². The van der Waals surface area contributed by atoms with E-state index in [4.69, 9.17) is 16.0 Å². The molecule has 78 valence electrons. The van der Waals surface area contributed by atoms with Crippen LogP contribution in [-0.2, 0) is 0 Å². The van der Waals surface area contributed by atoms with Crippen LogP contribution in [0.25, 0.3) is 22.4 Å². The third-order valence-electron chi connectivity index (χ3n) is 2.44. The maximum absolute atomic E-state index is 6.20. The second-order valence-corrected chi connectivity index (χ2v) is 3.89. The molecule has 0 amide bonds. The zero-order valence-electron chi connectivity index (χ0n) is 8.35. The molecule has 16 heavy (non-hydrogen) atoms. The molecular weight excluding hydrogens is 222 g/mol. The van der Waals surface area contributed by atoms with E-state index in [1.54, 1.807) is 6.26 Å². The predicted octanol–water partition coefficient (Wildman–Crippen LogP) is 4.15. The molecule has 0 unspecified atom stereocenters. The van der Waals surface area contributed by atoms with Gasteiger partial charge in [-0.1, -0.05) is 29.8 Å². The second-order valence-electron chi connectivity index (χ2n) is 3.48. The first-order chi connectivity index (χ1) is 7.84. The minimum absolute atomic E-state index is 0.692. The average Bonchev–Trinajstić information content (AvgIpc) is 2.82. The van der Waals surface area contributed by atoms with Crippen LogP contribution in [0.2, 0.25) is 5.02 Å². The molecule has 0 saturated heterocycles. The van der Waals surface area contributed by atoms with Crippen LogP contribution in [0.4, 0.5) is 0 Å². The van der Waals surface area contributed by atoms with Gasteiger partial charge in [0.25, 0.3) is 0 Å². The van der Waals surface area contributed by atoms with Crippen LogP contribution in [-0.4, -0.2) is 4.98 Å². The van der Waals surface area contributed by atoms with Crippen LogP contribution in [0.5, 0.6) is 0 Å². The van der Waals surface area contributed by atoms with Crippen LogP contribution >= 0.6 is 11.6 Å². The third-order valence-corrected chi connectivity index (χ3v) is 2.75. The average molecular weight is 230 g/mol. The zero-order chi connectivity index (χ0) is 11.0. The normalized spacial score (nSPS) is 10.8. The summed E-state index contributed by atoms with van der Waals surface area (Å²) in [6.45, 7) is 0. The second kappa shape index (κ2) is 3.65. The van der Waals surface area contributed by atoms with Gasteiger partial charge in [-0.3, -0.25) is 0 Å². The molecule has 0 N–H and O–H groups in total. The van der Waals surface area contributed by atoms with Crippen molar-refractivity contribution in [3.05, 3.63) is 53.8 Å². The lowest BCUT2D eigenvalue weighted by molar-refractivity contribution is 0.580. The van der Waals surface area contributed by atoms with E-state index >= 15 is 0 Å². The molecule has 3 aromatic rings. The van der Waals surface area contributed by atoms with Gasteiger partial charge in [-0.25, -0.2) is 4.98 Å². The maximum atomic E-state index is 6.20. The Morgan fingerprint density at radius 2 is 1.94 bits per heavy atom. The van der Waals surface area contributed by atoms with E-state index in [2.05, 4.69) is 4.98 Å². The SMILES string of the molecule is Clc1cc(-c2ccco2)nc2ccccc12. The van der Waals surface area contributed by atoms with Gasteiger partial charge >= 0.3 is 0 Å². The summed E-state index contributed by atoms with van der Waals surface area (Å²) >= 11 is 6.20. The molecule has 0 fully saturated rings. The van der Waals surface area contributed by atoms with Gasteiger partial charge < -0.3 is 4.42 Å². The van der Waals surface area contributed by atoms with Crippen LogP contribution in [0, 0.1) is 0 Å². The highest BCUT2D eigenvalue weighted by Crippen LogP contribution is 2.27. The number of pyridine rings is 1. The van der Waals surface area contributed by atoms with Crippen molar-refractivity contribution in [2.45, 2.75) is 0 Å². The van der Waals surface area contributed by atoms with E-state index in [0.717, 1.165) is 22.4 Å². The fourth-order valence-corrected chi connectivity index (χ4v) is 1.95. The van der Waals surface area contributed by atoms with Crippen molar-refractivity contribution in [1.82, 2.24) is 4.98 Å². The number of para-hydroxylation sites is 1. The summed E-state index contributed by atoms with van der Waals surface area (Å²) < 4.78 is 5.30. The van der Waals surface area contributed by atoms with E-state index in [9.17, 15) is 0 Å². The van der Waals surface area contributed by atoms with Crippen LogP contribution < -0.4 is 0 Å². The van der Waals surface area contributed by atoms with Crippen molar-refractivity contribution >= 4 is 22.5 Å². The van der Waals surface area contributed by atoms with Gasteiger partial charge in [0, 0.05) is 5.39 Å². The maximum Gasteiger partial charge on any atom is 0.152 e. The Morgan fingerprint density at radius 3 is 2.75 bits per heavy atom. The minimum atomic E-state index is 0.692. The predicted molar refractivity (Wildman–Crippen MR) is 64.5 cm³/mol. The van der Waals surface area contributed by atoms with Crippen LogP contribution in [0.3, 0.4) is 0 Å². The molecule has 2 nitrogen and oxygen atoms in total. The van der Waals surface area contributed by atoms with Crippen molar-refractivity contribution in [1.29, 1.82) is 0 Å². The lowest BCUT2D eigenvalue weighted by Crippen LogP contribution is -1.84. The molecule has 3 heteroatoms. The van der Waals surface area contributed by atoms with E-state index in [0.29, 0.717) is 5.02 Å². The highest BCUT2D eigenvalue weighted by molar-refractivity contribution is 6.35.